The van der Waals surface area contributed by atoms with E-state index in [0.717, 1.165) is 308 Å². The highest BCUT2D eigenvalue weighted by molar-refractivity contribution is 5.69. The molecule has 0 rings (SSSR count). The zero-order valence-electron chi connectivity index (χ0n) is 49.9. The van der Waals surface area contributed by atoms with E-state index in [1.807, 2.05) is 0 Å². The molecule has 0 aromatic carbocycles. The van der Waals surface area contributed by atoms with E-state index in [1.165, 1.54) is 0 Å². The molecule has 0 aromatic rings. The smallest absolute Gasteiger partial charge is 0.306 e. The number of ether oxygens (including phenoxy) is 2. The van der Waals surface area contributed by atoms with E-state index in [2.05, 4.69) is 0 Å². The second kappa shape index (κ2) is 63.8. The molecule has 0 fully saturated rings. The number of carbonyl (C=O) groups excluding carboxylic acids is 2. The molecule has 0 saturated carbocycles. The first-order chi connectivity index (χ1) is 37.9. The molecule has 0 aliphatic heterocycles. The molecule has 0 heterocycles. The molecule has 78 heavy (non-hydrogen) atoms. The predicted molar refractivity (Wildman–Crippen MR) is 315 cm³/mol. The summed E-state index contributed by atoms with van der Waals surface area (Å²) in [5.41, 5.74) is 0. The lowest BCUT2D eigenvalue weighted by Gasteiger charge is -2.18. The van der Waals surface area contributed by atoms with Gasteiger partial charge in [0.15, 0.2) is 0 Å². The average Bonchev–Trinajstić information content (AvgIpc) is 3.41. The van der Waals surface area contributed by atoms with Gasteiger partial charge in [-0.3, -0.25) is 19.2 Å². The standard InChI is InChI=1S/2C32H62O7/c33-27-19-11-9-14-22-29(35)21-13-5-1-4-8-18-26-32(38)39-30(24-16-10-12-20-28-34)23-15-6-2-3-7-17-25-31(36)37;33-27-19-11-9-15-23-29(34)21-14-6-2-4-8-18-26-32(38)39-28-20-12-10-16-24-30(35)22-13-5-1-3-7-17-25-31(36)37/h2*29-30,33-35H,1-28H2,(H,36,37). The quantitative estimate of drug-likeness (QED) is 0.0208. The lowest BCUT2D eigenvalue weighted by molar-refractivity contribution is -0.150. The van der Waals surface area contributed by atoms with Gasteiger partial charge >= 0.3 is 23.9 Å². The molecule has 0 bridgehead atoms. The summed E-state index contributed by atoms with van der Waals surface area (Å²) in [6, 6.07) is 0. The Kier molecular flexibility index (Phi) is 63.6. The van der Waals surface area contributed by atoms with Crippen molar-refractivity contribution in [3.63, 3.8) is 0 Å². The van der Waals surface area contributed by atoms with Gasteiger partial charge in [0.25, 0.3) is 0 Å². The molecular weight excluding hydrogens is 993 g/mol. The van der Waals surface area contributed by atoms with Crippen LogP contribution < -0.4 is 0 Å². The summed E-state index contributed by atoms with van der Waals surface area (Å²) in [4.78, 5) is 45.4. The van der Waals surface area contributed by atoms with Crippen LogP contribution >= 0.6 is 0 Å². The van der Waals surface area contributed by atoms with E-state index >= 15 is 0 Å². The number of aliphatic hydroxyl groups excluding tert-OH is 6. The minimum atomic E-state index is -0.719. The first-order valence-electron chi connectivity index (χ1n) is 32.6. The van der Waals surface area contributed by atoms with Gasteiger partial charge in [0, 0.05) is 45.5 Å². The fourth-order valence-electron chi connectivity index (χ4n) is 9.99. The van der Waals surface area contributed by atoms with Crippen LogP contribution in [0.2, 0.25) is 0 Å². The van der Waals surface area contributed by atoms with Crippen molar-refractivity contribution in [2.24, 2.45) is 0 Å². The third-order valence-electron chi connectivity index (χ3n) is 15.0. The molecule has 0 aromatic heterocycles. The van der Waals surface area contributed by atoms with E-state index in [9.17, 15) is 34.5 Å². The minimum absolute atomic E-state index is 0.0141. The van der Waals surface area contributed by atoms with E-state index in [4.69, 9.17) is 35.0 Å². The number of aliphatic hydroxyl groups is 6. The maximum atomic E-state index is 12.5. The Bertz CT molecular complexity index is 1270. The second-order valence-corrected chi connectivity index (χ2v) is 22.7. The summed E-state index contributed by atoms with van der Waals surface area (Å²) in [7, 11) is 0. The number of hydrogen-bond acceptors (Lipinski definition) is 12. The normalized spacial score (nSPS) is 12.9. The maximum Gasteiger partial charge on any atom is 0.306 e. The number of esters is 2. The van der Waals surface area contributed by atoms with Crippen LogP contribution in [0.25, 0.3) is 0 Å². The zero-order valence-corrected chi connectivity index (χ0v) is 49.9. The molecule has 0 amide bonds. The van der Waals surface area contributed by atoms with Crippen LogP contribution in [-0.2, 0) is 28.7 Å². The van der Waals surface area contributed by atoms with Crippen LogP contribution in [0.3, 0.4) is 0 Å². The topological polar surface area (TPSA) is 249 Å². The highest BCUT2D eigenvalue weighted by Crippen LogP contribution is 2.20. The van der Waals surface area contributed by atoms with Gasteiger partial charge in [-0.2, -0.15) is 0 Å². The summed E-state index contributed by atoms with van der Waals surface area (Å²) in [6.45, 7) is 1.26. The molecule has 4 unspecified atom stereocenters. The summed E-state index contributed by atoms with van der Waals surface area (Å²) < 4.78 is 11.2. The van der Waals surface area contributed by atoms with E-state index in [1.54, 1.807) is 0 Å². The molecular formula is C64H124O14. The second-order valence-electron chi connectivity index (χ2n) is 22.7. The van der Waals surface area contributed by atoms with Crippen molar-refractivity contribution < 1.29 is 69.5 Å². The number of hydrogen-bond donors (Lipinski definition) is 8. The van der Waals surface area contributed by atoms with Gasteiger partial charge in [0.05, 0.1) is 24.9 Å². The molecule has 14 nitrogen and oxygen atoms in total. The average molecular weight is 1120 g/mol. The molecule has 0 spiro atoms. The van der Waals surface area contributed by atoms with Crippen LogP contribution in [0.5, 0.6) is 0 Å². The minimum Gasteiger partial charge on any atom is -0.481 e. The molecule has 8 N–H and O–H groups in total. The third-order valence-corrected chi connectivity index (χ3v) is 15.0. The van der Waals surface area contributed by atoms with Crippen molar-refractivity contribution in [2.75, 3.05) is 26.4 Å². The summed E-state index contributed by atoms with van der Waals surface area (Å²) in [5, 5.41) is 74.0. The fraction of sp³-hybridized carbons (Fsp3) is 0.938. The highest BCUT2D eigenvalue weighted by Gasteiger charge is 2.15. The lowest BCUT2D eigenvalue weighted by Crippen LogP contribution is -2.18. The van der Waals surface area contributed by atoms with Gasteiger partial charge in [-0.05, 0) is 116 Å². The van der Waals surface area contributed by atoms with Gasteiger partial charge < -0.3 is 50.3 Å². The summed E-state index contributed by atoms with van der Waals surface area (Å²) in [5.74, 6) is -1.60. The molecule has 464 valence electrons. The number of rotatable bonds is 62. The third kappa shape index (κ3) is 66.2. The number of carbonyl (C=O) groups is 4. The maximum absolute atomic E-state index is 12.5. The Hall–Kier alpha value is -2.36. The molecule has 0 aliphatic carbocycles. The van der Waals surface area contributed by atoms with Gasteiger partial charge in [-0.1, -0.05) is 193 Å². The number of carboxylic acid groups (broad SMARTS) is 2. The number of aliphatic carboxylic acids is 2. The Morgan fingerprint density at radius 3 is 0.795 bits per heavy atom. The van der Waals surface area contributed by atoms with Crippen molar-refractivity contribution in [1.29, 1.82) is 0 Å². The van der Waals surface area contributed by atoms with Crippen LogP contribution in [0.15, 0.2) is 0 Å². The van der Waals surface area contributed by atoms with Gasteiger partial charge in [0.2, 0.25) is 0 Å². The van der Waals surface area contributed by atoms with Crippen LogP contribution in [0.4, 0.5) is 0 Å². The van der Waals surface area contributed by atoms with Gasteiger partial charge in [-0.15, -0.1) is 0 Å². The van der Waals surface area contributed by atoms with Crippen LogP contribution in [0.1, 0.15) is 334 Å². The molecule has 0 saturated heterocycles. The van der Waals surface area contributed by atoms with Crippen LogP contribution in [0, 0.1) is 0 Å². The van der Waals surface area contributed by atoms with Crippen molar-refractivity contribution in [3.05, 3.63) is 0 Å². The Morgan fingerprint density at radius 2 is 0.500 bits per heavy atom. The first-order valence-corrected chi connectivity index (χ1v) is 32.6. The van der Waals surface area contributed by atoms with Gasteiger partial charge in [0.1, 0.15) is 6.10 Å². The number of carboxylic acids is 2. The first kappa shape index (κ1) is 77.7. The van der Waals surface area contributed by atoms with Crippen molar-refractivity contribution in [2.45, 2.75) is 358 Å². The predicted octanol–water partition coefficient (Wildman–Crippen LogP) is 14.9. The van der Waals surface area contributed by atoms with E-state index < -0.39 is 11.9 Å². The largest absolute Gasteiger partial charge is 0.481 e. The van der Waals surface area contributed by atoms with Crippen molar-refractivity contribution in [1.82, 2.24) is 0 Å². The Morgan fingerprint density at radius 1 is 0.269 bits per heavy atom. The van der Waals surface area contributed by atoms with Gasteiger partial charge in [-0.25, -0.2) is 0 Å². The molecule has 0 aliphatic rings. The van der Waals surface area contributed by atoms with E-state index in [-0.39, 0.29) is 69.0 Å². The highest BCUT2D eigenvalue weighted by atomic mass is 16.5. The van der Waals surface area contributed by atoms with Crippen molar-refractivity contribution in [3.8, 4) is 0 Å². The summed E-state index contributed by atoms with van der Waals surface area (Å²) in [6.07, 6.45) is 48.7. The number of unbranched alkanes of at least 4 members (excludes halogenated alkanes) is 32. The zero-order chi connectivity index (χ0) is 57.6. The Labute approximate surface area is 476 Å². The Balaban J connectivity index is 0. The monoisotopic (exact) mass is 1120 g/mol. The molecule has 0 radical (unpaired) electrons. The lowest BCUT2D eigenvalue weighted by atomic mass is 10.0. The summed E-state index contributed by atoms with van der Waals surface area (Å²) >= 11 is 0. The van der Waals surface area contributed by atoms with Crippen LogP contribution in [-0.4, -0.2) is 116 Å². The van der Waals surface area contributed by atoms with E-state index in [0.29, 0.717) is 19.4 Å². The SMILES string of the molecule is O=C(O)CCCCCCCCC(CCCCCCO)OC(=O)CCCCCCCCC(O)CCCCCCO.O=C(O)CCCCCCCCC(O)CCCCCCOC(=O)CCCCCCCCC(O)CCCCCCO. The molecule has 4 atom stereocenters. The van der Waals surface area contributed by atoms with Crippen molar-refractivity contribution >= 4 is 23.9 Å². The fourth-order valence-corrected chi connectivity index (χ4v) is 9.99. The molecule has 14 heteroatoms.